The Bertz CT molecular complexity index is 1290. The number of fused-ring (bicyclic) bond motifs is 1. The Morgan fingerprint density at radius 1 is 0.971 bits per heavy atom. The number of rotatable bonds is 5. The number of piperidine rings is 2. The molecule has 3 aromatic rings. The van der Waals surface area contributed by atoms with Gasteiger partial charge in [0.25, 0.3) is 0 Å². The van der Waals surface area contributed by atoms with E-state index in [0.717, 1.165) is 37.1 Å². The topological polar surface area (TPSA) is 69.3 Å². The van der Waals surface area contributed by atoms with Crippen molar-refractivity contribution >= 4 is 20.9 Å². The van der Waals surface area contributed by atoms with Crippen molar-refractivity contribution in [3.63, 3.8) is 0 Å². The molecule has 1 aromatic heterocycles. The molecule has 0 radical (unpaired) electrons. The largest absolute Gasteiger partial charge is 0.338 e. The fourth-order valence-corrected chi connectivity index (χ4v) is 6.34. The number of aromatic nitrogens is 2. The van der Waals surface area contributed by atoms with E-state index in [-0.39, 0.29) is 16.6 Å². The van der Waals surface area contributed by atoms with Gasteiger partial charge in [-0.05, 0) is 108 Å². The third-order valence-corrected chi connectivity index (χ3v) is 9.02. The lowest BCUT2D eigenvalue weighted by atomic mass is 9.87. The van der Waals surface area contributed by atoms with E-state index in [1.54, 1.807) is 24.3 Å². The van der Waals surface area contributed by atoms with Gasteiger partial charge in [0.1, 0.15) is 11.3 Å². The summed E-state index contributed by atoms with van der Waals surface area (Å²) < 4.78 is 39.0. The average molecular weight is 499 g/mol. The summed E-state index contributed by atoms with van der Waals surface area (Å²) in [4.78, 5) is 13.2. The van der Waals surface area contributed by atoms with Crippen LogP contribution in [-0.2, 0) is 9.84 Å². The van der Waals surface area contributed by atoms with E-state index >= 15 is 4.39 Å². The highest BCUT2D eigenvalue weighted by Gasteiger charge is 2.30. The minimum atomic E-state index is -3.26. The molecule has 0 atom stereocenters. The maximum atomic E-state index is 15.6. The molecule has 2 saturated heterocycles. The number of likely N-dealkylation sites (tertiary alicyclic amines) is 2. The summed E-state index contributed by atoms with van der Waals surface area (Å²) in [7, 11) is -3.26. The quantitative estimate of drug-likeness (QED) is 0.546. The van der Waals surface area contributed by atoms with Crippen LogP contribution in [0.2, 0.25) is 0 Å². The SMILES string of the molecule is CC(C)N1CCC(N2CCC(c3ccc4[nH]c(-c5ccc(S(C)(=O)=O)cc5)nc4c3F)CC2)CC1. The van der Waals surface area contributed by atoms with Crippen molar-refractivity contribution in [3.8, 4) is 11.4 Å². The van der Waals surface area contributed by atoms with E-state index in [0.29, 0.717) is 28.9 Å². The molecular formula is C27H35FN4O2S. The molecule has 1 N–H and O–H groups in total. The molecule has 0 aliphatic carbocycles. The summed E-state index contributed by atoms with van der Waals surface area (Å²) in [6.07, 6.45) is 5.57. The van der Waals surface area contributed by atoms with Crippen LogP contribution >= 0.6 is 0 Å². The second-order valence-electron chi connectivity index (χ2n) is 10.4. The summed E-state index contributed by atoms with van der Waals surface area (Å²) in [6, 6.07) is 11.6. The first-order valence-corrected chi connectivity index (χ1v) is 14.6. The third-order valence-electron chi connectivity index (χ3n) is 7.89. The van der Waals surface area contributed by atoms with Gasteiger partial charge >= 0.3 is 0 Å². The second kappa shape index (κ2) is 9.64. The molecule has 2 fully saturated rings. The molecule has 0 amide bonds. The van der Waals surface area contributed by atoms with Gasteiger partial charge in [0.15, 0.2) is 15.7 Å². The number of hydrogen-bond acceptors (Lipinski definition) is 5. The second-order valence-corrected chi connectivity index (χ2v) is 12.4. The predicted molar refractivity (Wildman–Crippen MR) is 138 cm³/mol. The molecule has 8 heteroatoms. The Balaban J connectivity index is 1.28. The minimum absolute atomic E-state index is 0.209. The van der Waals surface area contributed by atoms with Crippen LogP contribution in [-0.4, -0.2) is 72.7 Å². The molecule has 35 heavy (non-hydrogen) atoms. The van der Waals surface area contributed by atoms with Gasteiger partial charge < -0.3 is 14.8 Å². The Kier molecular flexibility index (Phi) is 6.72. The highest BCUT2D eigenvalue weighted by atomic mass is 32.2. The Morgan fingerprint density at radius 3 is 2.23 bits per heavy atom. The van der Waals surface area contributed by atoms with Crippen LogP contribution < -0.4 is 0 Å². The van der Waals surface area contributed by atoms with Gasteiger partial charge in [-0.3, -0.25) is 0 Å². The van der Waals surface area contributed by atoms with Gasteiger partial charge in [0.2, 0.25) is 0 Å². The summed E-state index contributed by atoms with van der Waals surface area (Å²) in [5, 5.41) is 0. The number of imidazole rings is 1. The van der Waals surface area contributed by atoms with Crippen molar-refractivity contribution in [3.05, 3.63) is 47.8 Å². The zero-order valence-corrected chi connectivity index (χ0v) is 21.6. The van der Waals surface area contributed by atoms with Gasteiger partial charge in [-0.1, -0.05) is 6.07 Å². The maximum absolute atomic E-state index is 15.6. The zero-order chi connectivity index (χ0) is 24.7. The lowest BCUT2D eigenvalue weighted by molar-refractivity contribution is 0.0751. The summed E-state index contributed by atoms with van der Waals surface area (Å²) in [6.45, 7) is 8.93. The predicted octanol–water partition coefficient (Wildman–Crippen LogP) is 4.82. The third kappa shape index (κ3) is 5.01. The molecule has 188 valence electrons. The molecule has 3 heterocycles. The van der Waals surface area contributed by atoms with E-state index in [1.807, 2.05) is 12.1 Å². The van der Waals surface area contributed by atoms with Gasteiger partial charge in [-0.25, -0.2) is 17.8 Å². The summed E-state index contributed by atoms with van der Waals surface area (Å²) >= 11 is 0. The Hall–Kier alpha value is -2.29. The van der Waals surface area contributed by atoms with E-state index in [2.05, 4.69) is 33.6 Å². The molecular weight excluding hydrogens is 463 g/mol. The van der Waals surface area contributed by atoms with Crippen molar-refractivity contribution in [1.82, 2.24) is 19.8 Å². The first-order valence-electron chi connectivity index (χ1n) is 12.7. The molecule has 2 aliphatic heterocycles. The van der Waals surface area contributed by atoms with Crippen LogP contribution in [0.25, 0.3) is 22.4 Å². The van der Waals surface area contributed by atoms with Crippen molar-refractivity contribution in [2.24, 2.45) is 0 Å². The van der Waals surface area contributed by atoms with E-state index in [9.17, 15) is 8.42 Å². The van der Waals surface area contributed by atoms with Gasteiger partial charge in [0, 0.05) is 23.9 Å². The van der Waals surface area contributed by atoms with Gasteiger partial charge in [0.05, 0.1) is 10.4 Å². The molecule has 2 aromatic carbocycles. The van der Waals surface area contributed by atoms with Crippen LogP contribution in [0.3, 0.4) is 0 Å². The van der Waals surface area contributed by atoms with Crippen LogP contribution in [0, 0.1) is 5.82 Å². The summed E-state index contributed by atoms with van der Waals surface area (Å²) in [5.41, 5.74) is 2.50. The number of nitrogens with zero attached hydrogens (tertiary/aromatic N) is 3. The molecule has 0 spiro atoms. The average Bonchev–Trinajstić information content (AvgIpc) is 3.30. The molecule has 6 nitrogen and oxygen atoms in total. The first kappa shape index (κ1) is 24.4. The van der Waals surface area contributed by atoms with Crippen molar-refractivity contribution in [1.29, 1.82) is 0 Å². The zero-order valence-electron chi connectivity index (χ0n) is 20.8. The lowest BCUT2D eigenvalue weighted by Gasteiger charge is -2.42. The number of hydrogen-bond donors (Lipinski definition) is 1. The number of halogens is 1. The summed E-state index contributed by atoms with van der Waals surface area (Å²) in [5.74, 6) is 0.515. The van der Waals surface area contributed by atoms with E-state index in [4.69, 9.17) is 0 Å². The van der Waals surface area contributed by atoms with Crippen LogP contribution in [0.4, 0.5) is 4.39 Å². The molecule has 0 bridgehead atoms. The number of aromatic amines is 1. The number of sulfone groups is 1. The number of nitrogens with one attached hydrogen (secondary N) is 1. The first-order chi connectivity index (χ1) is 16.7. The molecule has 2 aliphatic rings. The van der Waals surface area contributed by atoms with Crippen LogP contribution in [0.1, 0.15) is 51.0 Å². The fourth-order valence-electron chi connectivity index (χ4n) is 5.71. The van der Waals surface area contributed by atoms with Gasteiger partial charge in [-0.15, -0.1) is 0 Å². The highest BCUT2D eigenvalue weighted by Crippen LogP contribution is 2.35. The number of H-pyrrole nitrogens is 1. The van der Waals surface area contributed by atoms with Crippen molar-refractivity contribution < 1.29 is 12.8 Å². The number of benzene rings is 2. The monoisotopic (exact) mass is 498 g/mol. The van der Waals surface area contributed by atoms with Crippen LogP contribution in [0.5, 0.6) is 0 Å². The molecule has 5 rings (SSSR count). The highest BCUT2D eigenvalue weighted by molar-refractivity contribution is 7.90. The van der Waals surface area contributed by atoms with Gasteiger partial charge in [-0.2, -0.15) is 0 Å². The Labute approximate surface area is 207 Å². The normalized spacial score (nSPS) is 19.7. The molecule has 0 saturated carbocycles. The van der Waals surface area contributed by atoms with E-state index in [1.165, 1.54) is 32.2 Å². The maximum Gasteiger partial charge on any atom is 0.175 e. The fraction of sp³-hybridized carbons (Fsp3) is 0.519. The minimum Gasteiger partial charge on any atom is -0.338 e. The standard InChI is InChI=1S/C27H35FN4O2S/c1-18(2)31-16-12-21(13-17-31)32-14-10-19(11-15-32)23-8-9-24-26(25(23)28)30-27(29-24)20-4-6-22(7-5-20)35(3,33)34/h4-9,18-19,21H,10-17H2,1-3H3,(H,29,30). The van der Waals surface area contributed by atoms with E-state index < -0.39 is 9.84 Å². The smallest absolute Gasteiger partial charge is 0.175 e. The Morgan fingerprint density at radius 2 is 1.63 bits per heavy atom. The molecule has 0 unspecified atom stereocenters. The van der Waals surface area contributed by atoms with Crippen molar-refractivity contribution in [2.75, 3.05) is 32.4 Å². The van der Waals surface area contributed by atoms with Crippen LogP contribution in [0.15, 0.2) is 41.3 Å². The van der Waals surface area contributed by atoms with Crippen molar-refractivity contribution in [2.45, 2.75) is 62.4 Å². The lowest BCUT2D eigenvalue weighted by Crippen LogP contribution is -2.48.